The normalized spacial score (nSPS) is 14.1. The van der Waals surface area contributed by atoms with Crippen molar-refractivity contribution in [2.24, 2.45) is 0 Å². The lowest BCUT2D eigenvalue weighted by molar-refractivity contribution is -0.385. The molecule has 0 aromatic heterocycles. The highest BCUT2D eigenvalue weighted by atomic mass is 32.2. The molecule has 1 aromatic rings. The van der Waals surface area contributed by atoms with E-state index in [2.05, 4.69) is 5.32 Å². The van der Waals surface area contributed by atoms with E-state index in [9.17, 15) is 14.3 Å². The Labute approximate surface area is 103 Å². The molecule has 1 aromatic carbocycles. The van der Waals surface area contributed by atoms with E-state index in [0.717, 1.165) is 5.69 Å². The fourth-order valence-corrected chi connectivity index (χ4v) is 2.42. The summed E-state index contributed by atoms with van der Waals surface area (Å²) in [6.07, 6.45) is 1.64. The third-order valence-corrected chi connectivity index (χ3v) is 3.36. The number of nitrogens with one attached hydrogen (secondary N) is 1. The van der Waals surface area contributed by atoms with E-state index in [4.69, 9.17) is 0 Å². The lowest BCUT2D eigenvalue weighted by atomic mass is 10.1. The Bertz CT molecular complexity index is 448. The quantitative estimate of drug-likeness (QED) is 0.646. The molecular weight excluding hydrogens is 240 g/mol. The molecule has 17 heavy (non-hydrogen) atoms. The maximum absolute atomic E-state index is 11.1. The molecule has 0 saturated carbocycles. The molecule has 6 heteroatoms. The van der Waals surface area contributed by atoms with Crippen LogP contribution in [-0.2, 0) is 10.8 Å². The van der Waals surface area contributed by atoms with E-state index in [1.54, 1.807) is 25.3 Å². The zero-order chi connectivity index (χ0) is 13.0. The first-order valence-electron chi connectivity index (χ1n) is 5.22. The minimum absolute atomic E-state index is 0.0153. The van der Waals surface area contributed by atoms with Crippen molar-refractivity contribution in [2.45, 2.75) is 19.9 Å². The average molecular weight is 256 g/mol. The fraction of sp³-hybridized carbons (Fsp3) is 0.455. The van der Waals surface area contributed by atoms with Crippen molar-refractivity contribution >= 4 is 22.2 Å². The lowest BCUT2D eigenvalue weighted by Gasteiger charge is -2.15. The molecule has 1 rings (SSSR count). The zero-order valence-corrected chi connectivity index (χ0v) is 10.9. The third-order valence-electron chi connectivity index (χ3n) is 2.39. The van der Waals surface area contributed by atoms with Crippen molar-refractivity contribution in [3.8, 4) is 0 Å². The van der Waals surface area contributed by atoms with Crippen LogP contribution in [0, 0.1) is 17.0 Å². The predicted octanol–water partition coefficient (Wildman–Crippen LogP) is 2.08. The summed E-state index contributed by atoms with van der Waals surface area (Å²) < 4.78 is 11.1. The average Bonchev–Trinajstić information content (AvgIpc) is 2.19. The zero-order valence-electron chi connectivity index (χ0n) is 10.1. The first kappa shape index (κ1) is 13.6. The van der Waals surface area contributed by atoms with Gasteiger partial charge in [-0.25, -0.2) is 0 Å². The van der Waals surface area contributed by atoms with Gasteiger partial charge in [0, 0.05) is 46.2 Å². The Morgan fingerprint density at radius 1 is 1.53 bits per heavy atom. The molecule has 0 bridgehead atoms. The van der Waals surface area contributed by atoms with Crippen LogP contribution in [0.25, 0.3) is 0 Å². The third kappa shape index (κ3) is 3.81. The molecule has 5 nitrogen and oxygen atoms in total. The molecule has 0 amide bonds. The molecule has 2 unspecified atom stereocenters. The maximum Gasteiger partial charge on any atom is 0.274 e. The second-order valence-electron chi connectivity index (χ2n) is 3.99. The standard InChI is InChI=1S/C11H16N2O3S/c1-8(7-17(3)16)12-10-5-4-6-11(9(10)2)13(14)15/h4-6,8,12H,7H2,1-3H3. The number of benzene rings is 1. The highest BCUT2D eigenvalue weighted by Gasteiger charge is 2.14. The Morgan fingerprint density at radius 2 is 2.18 bits per heavy atom. The Morgan fingerprint density at radius 3 is 2.71 bits per heavy atom. The van der Waals surface area contributed by atoms with Gasteiger partial charge in [-0.1, -0.05) is 6.07 Å². The summed E-state index contributed by atoms with van der Waals surface area (Å²) >= 11 is 0. The van der Waals surface area contributed by atoms with Gasteiger partial charge in [0.25, 0.3) is 5.69 Å². The number of rotatable bonds is 5. The van der Waals surface area contributed by atoms with Crippen molar-refractivity contribution in [3.63, 3.8) is 0 Å². The van der Waals surface area contributed by atoms with Crippen LogP contribution < -0.4 is 5.32 Å². The SMILES string of the molecule is Cc1c(NC(C)CS(C)=O)cccc1[N+](=O)[O-]. The molecule has 2 atom stereocenters. The highest BCUT2D eigenvalue weighted by Crippen LogP contribution is 2.25. The van der Waals surface area contributed by atoms with Crippen molar-refractivity contribution in [2.75, 3.05) is 17.3 Å². The first-order chi connectivity index (χ1) is 7.91. The molecule has 94 valence electrons. The van der Waals surface area contributed by atoms with E-state index < -0.39 is 15.7 Å². The van der Waals surface area contributed by atoms with Crippen LogP contribution in [-0.4, -0.2) is 27.2 Å². The van der Waals surface area contributed by atoms with E-state index in [1.807, 2.05) is 6.92 Å². The largest absolute Gasteiger partial charge is 0.381 e. The predicted molar refractivity (Wildman–Crippen MR) is 69.9 cm³/mol. The summed E-state index contributed by atoms with van der Waals surface area (Å²) in [6, 6.07) is 4.92. The van der Waals surface area contributed by atoms with E-state index >= 15 is 0 Å². The van der Waals surface area contributed by atoms with Gasteiger partial charge in [-0.05, 0) is 19.9 Å². The number of anilines is 1. The second kappa shape index (κ2) is 5.77. The van der Waals surface area contributed by atoms with Crippen LogP contribution in [0.3, 0.4) is 0 Å². The Kier molecular flexibility index (Phi) is 4.62. The lowest BCUT2D eigenvalue weighted by Crippen LogP contribution is -2.22. The van der Waals surface area contributed by atoms with Gasteiger partial charge in [-0.3, -0.25) is 14.3 Å². The van der Waals surface area contributed by atoms with E-state index in [0.29, 0.717) is 11.3 Å². The summed E-state index contributed by atoms with van der Waals surface area (Å²) in [5.41, 5.74) is 1.42. The van der Waals surface area contributed by atoms with Crippen molar-refractivity contribution < 1.29 is 9.13 Å². The summed E-state index contributed by atoms with van der Waals surface area (Å²) in [5.74, 6) is 0.516. The van der Waals surface area contributed by atoms with E-state index in [1.165, 1.54) is 6.07 Å². The van der Waals surface area contributed by atoms with Crippen LogP contribution >= 0.6 is 0 Å². The molecule has 1 N–H and O–H groups in total. The summed E-state index contributed by atoms with van der Waals surface area (Å²) in [5, 5.41) is 13.9. The number of nitro groups is 1. The number of hydrogen-bond acceptors (Lipinski definition) is 4. The number of nitro benzene ring substituents is 1. The minimum atomic E-state index is -0.886. The number of hydrogen-bond donors (Lipinski definition) is 1. The molecule has 0 aliphatic carbocycles. The van der Waals surface area contributed by atoms with E-state index in [-0.39, 0.29) is 11.7 Å². The van der Waals surface area contributed by atoms with Crippen LogP contribution in [0.4, 0.5) is 11.4 Å². The molecular formula is C11H16N2O3S. The summed E-state index contributed by atoms with van der Waals surface area (Å²) in [4.78, 5) is 10.4. The van der Waals surface area contributed by atoms with Crippen LogP contribution in [0.1, 0.15) is 12.5 Å². The highest BCUT2D eigenvalue weighted by molar-refractivity contribution is 7.84. The summed E-state index contributed by atoms with van der Waals surface area (Å²) in [6.45, 7) is 3.61. The van der Waals surface area contributed by atoms with Gasteiger partial charge in [0.1, 0.15) is 0 Å². The number of nitrogens with zero attached hydrogens (tertiary/aromatic N) is 1. The monoisotopic (exact) mass is 256 g/mol. The van der Waals surface area contributed by atoms with Gasteiger partial charge in [0.15, 0.2) is 0 Å². The van der Waals surface area contributed by atoms with Crippen LogP contribution in [0.5, 0.6) is 0 Å². The van der Waals surface area contributed by atoms with Gasteiger partial charge in [0.2, 0.25) is 0 Å². The molecule has 0 spiro atoms. The van der Waals surface area contributed by atoms with Crippen molar-refractivity contribution in [3.05, 3.63) is 33.9 Å². The molecule has 0 saturated heterocycles. The smallest absolute Gasteiger partial charge is 0.274 e. The Hall–Kier alpha value is -1.43. The summed E-state index contributed by atoms with van der Waals surface area (Å²) in [7, 11) is -0.886. The van der Waals surface area contributed by atoms with Crippen molar-refractivity contribution in [1.29, 1.82) is 0 Å². The van der Waals surface area contributed by atoms with Gasteiger partial charge < -0.3 is 5.32 Å². The molecule has 0 aliphatic rings. The van der Waals surface area contributed by atoms with Gasteiger partial charge in [0.05, 0.1) is 4.92 Å². The van der Waals surface area contributed by atoms with Crippen LogP contribution in [0.2, 0.25) is 0 Å². The molecule has 0 radical (unpaired) electrons. The van der Waals surface area contributed by atoms with Gasteiger partial charge in [-0.15, -0.1) is 0 Å². The second-order valence-corrected chi connectivity index (χ2v) is 5.47. The fourth-order valence-electron chi connectivity index (χ4n) is 1.64. The first-order valence-corrected chi connectivity index (χ1v) is 6.95. The maximum atomic E-state index is 11.1. The van der Waals surface area contributed by atoms with Crippen LogP contribution in [0.15, 0.2) is 18.2 Å². The van der Waals surface area contributed by atoms with Gasteiger partial charge in [-0.2, -0.15) is 0 Å². The molecule has 0 aliphatic heterocycles. The van der Waals surface area contributed by atoms with Crippen molar-refractivity contribution in [1.82, 2.24) is 0 Å². The molecule has 0 fully saturated rings. The Balaban J connectivity index is 2.88. The van der Waals surface area contributed by atoms with Gasteiger partial charge >= 0.3 is 0 Å². The topological polar surface area (TPSA) is 72.2 Å². The minimum Gasteiger partial charge on any atom is -0.381 e. The molecule has 0 heterocycles.